The molecule has 6 nitrogen and oxygen atoms in total. The zero-order valence-electron chi connectivity index (χ0n) is 17.1. The standard InChI is InChI=1S/C24H26N2O4/c1-29-19-11-7-17(8-12-19)25-23(27)21-15-3-5-16(6-4-15)22(21)24(28)26-18-9-13-20(30-2)14-10-18/h3,5,7-16,21-22H,4,6H2,1-2H3,(H,25,27)(H,26,28)/t15-,16-,21-,22+/m1/s1. The van der Waals surface area contributed by atoms with Gasteiger partial charge in [0.15, 0.2) is 0 Å². The van der Waals surface area contributed by atoms with E-state index < -0.39 is 11.8 Å². The number of methoxy groups -OCH3 is 2. The third-order valence-electron chi connectivity index (χ3n) is 6.07. The van der Waals surface area contributed by atoms with Gasteiger partial charge in [0.1, 0.15) is 11.5 Å². The van der Waals surface area contributed by atoms with E-state index in [0.717, 1.165) is 24.3 Å². The molecule has 0 aliphatic heterocycles. The van der Waals surface area contributed by atoms with Crippen molar-refractivity contribution in [2.45, 2.75) is 12.8 Å². The number of rotatable bonds is 6. The Morgan fingerprint density at radius 2 is 1.07 bits per heavy atom. The molecule has 2 N–H and O–H groups in total. The number of anilines is 2. The van der Waals surface area contributed by atoms with Crippen LogP contribution in [0.3, 0.4) is 0 Å². The number of ether oxygens (including phenoxy) is 2. The second-order valence-electron chi connectivity index (χ2n) is 7.78. The zero-order valence-corrected chi connectivity index (χ0v) is 17.1. The maximum Gasteiger partial charge on any atom is 0.228 e. The molecule has 0 unspecified atom stereocenters. The van der Waals surface area contributed by atoms with Crippen LogP contribution in [0.4, 0.5) is 11.4 Å². The number of nitrogens with one attached hydrogen (secondary N) is 2. The third-order valence-corrected chi connectivity index (χ3v) is 6.07. The SMILES string of the molecule is COc1ccc(NC(=O)[C@@H]2[C@H](C(=O)Nc3ccc(OC)cc3)[C@@H]3C=C[C@@H]2CC3)cc1. The molecule has 2 bridgehead atoms. The number of hydrogen-bond donors (Lipinski definition) is 2. The summed E-state index contributed by atoms with van der Waals surface area (Å²) in [6.07, 6.45) is 6.05. The molecule has 3 aliphatic carbocycles. The predicted molar refractivity (Wildman–Crippen MR) is 116 cm³/mol. The van der Waals surface area contributed by atoms with Crippen molar-refractivity contribution in [1.82, 2.24) is 0 Å². The van der Waals surface area contributed by atoms with Gasteiger partial charge in [0.2, 0.25) is 11.8 Å². The minimum absolute atomic E-state index is 0.0693. The first-order valence-electron chi connectivity index (χ1n) is 10.2. The average Bonchev–Trinajstić information content (AvgIpc) is 2.80. The van der Waals surface area contributed by atoms with Crippen LogP contribution in [-0.4, -0.2) is 26.0 Å². The second-order valence-corrected chi connectivity index (χ2v) is 7.78. The molecular weight excluding hydrogens is 380 g/mol. The lowest BCUT2D eigenvalue weighted by atomic mass is 9.61. The molecule has 0 saturated heterocycles. The highest BCUT2D eigenvalue weighted by Gasteiger charge is 2.48. The van der Waals surface area contributed by atoms with Gasteiger partial charge in [-0.05, 0) is 73.2 Å². The molecule has 1 saturated carbocycles. The average molecular weight is 406 g/mol. The van der Waals surface area contributed by atoms with Gasteiger partial charge in [-0.1, -0.05) is 12.2 Å². The van der Waals surface area contributed by atoms with E-state index in [-0.39, 0.29) is 23.7 Å². The fourth-order valence-electron chi connectivity index (χ4n) is 4.51. The minimum Gasteiger partial charge on any atom is -0.497 e. The van der Waals surface area contributed by atoms with Gasteiger partial charge in [-0.15, -0.1) is 0 Å². The van der Waals surface area contributed by atoms with Crippen LogP contribution in [-0.2, 0) is 9.59 Å². The lowest BCUT2D eigenvalue weighted by molar-refractivity contribution is -0.134. The molecule has 1 fully saturated rings. The Morgan fingerprint density at radius 1 is 0.700 bits per heavy atom. The Labute approximate surface area is 176 Å². The maximum absolute atomic E-state index is 13.2. The predicted octanol–water partition coefficient (Wildman–Crippen LogP) is 4.11. The molecule has 0 spiro atoms. The van der Waals surface area contributed by atoms with Crippen molar-refractivity contribution >= 4 is 23.2 Å². The van der Waals surface area contributed by atoms with E-state index in [2.05, 4.69) is 22.8 Å². The van der Waals surface area contributed by atoms with E-state index in [1.54, 1.807) is 62.8 Å². The molecular formula is C24H26N2O4. The van der Waals surface area contributed by atoms with E-state index in [0.29, 0.717) is 11.4 Å². The van der Waals surface area contributed by atoms with Crippen molar-refractivity contribution in [1.29, 1.82) is 0 Å². The summed E-state index contributed by atoms with van der Waals surface area (Å²) in [5.41, 5.74) is 1.39. The summed E-state index contributed by atoms with van der Waals surface area (Å²) < 4.78 is 10.3. The Balaban J connectivity index is 1.51. The normalized spacial score (nSPS) is 24.2. The smallest absolute Gasteiger partial charge is 0.228 e. The third kappa shape index (κ3) is 4.03. The van der Waals surface area contributed by atoms with Crippen LogP contribution in [0.15, 0.2) is 60.7 Å². The fraction of sp³-hybridized carbons (Fsp3) is 0.333. The molecule has 6 heteroatoms. The fourth-order valence-corrected chi connectivity index (χ4v) is 4.51. The summed E-state index contributed by atoms with van der Waals surface area (Å²) in [5, 5.41) is 5.97. The number of carbonyl (C=O) groups is 2. The monoisotopic (exact) mass is 406 g/mol. The van der Waals surface area contributed by atoms with Gasteiger partial charge >= 0.3 is 0 Å². The first-order valence-corrected chi connectivity index (χ1v) is 10.2. The largest absolute Gasteiger partial charge is 0.497 e. The minimum atomic E-state index is -0.394. The van der Waals surface area contributed by atoms with E-state index in [9.17, 15) is 9.59 Å². The first kappa shape index (κ1) is 20.0. The van der Waals surface area contributed by atoms with Crippen molar-refractivity contribution in [2.24, 2.45) is 23.7 Å². The molecule has 2 aromatic carbocycles. The van der Waals surface area contributed by atoms with E-state index in [4.69, 9.17) is 9.47 Å². The van der Waals surface area contributed by atoms with Crippen LogP contribution in [0.2, 0.25) is 0 Å². The number of allylic oxidation sites excluding steroid dienone is 2. The molecule has 30 heavy (non-hydrogen) atoms. The number of amides is 2. The van der Waals surface area contributed by atoms with E-state index in [1.807, 2.05) is 0 Å². The summed E-state index contributed by atoms with van der Waals surface area (Å²) in [6, 6.07) is 14.4. The van der Waals surface area contributed by atoms with Crippen molar-refractivity contribution < 1.29 is 19.1 Å². The van der Waals surface area contributed by atoms with Gasteiger partial charge in [0.25, 0.3) is 0 Å². The number of hydrogen-bond acceptors (Lipinski definition) is 4. The molecule has 156 valence electrons. The van der Waals surface area contributed by atoms with Crippen molar-refractivity contribution in [3.8, 4) is 11.5 Å². The Bertz CT molecular complexity index is 859. The molecule has 3 aliphatic rings. The molecule has 0 aromatic heterocycles. The van der Waals surface area contributed by atoms with Gasteiger partial charge < -0.3 is 20.1 Å². The summed E-state index contributed by atoms with van der Waals surface area (Å²) >= 11 is 0. The second kappa shape index (κ2) is 8.61. The zero-order chi connectivity index (χ0) is 21.1. The molecule has 4 atom stereocenters. The summed E-state index contributed by atoms with van der Waals surface area (Å²) in [4.78, 5) is 26.4. The molecule has 2 aromatic rings. The van der Waals surface area contributed by atoms with Gasteiger partial charge in [0.05, 0.1) is 26.1 Å². The lowest BCUT2D eigenvalue weighted by Crippen LogP contribution is -2.48. The first-order chi connectivity index (χ1) is 14.6. The lowest BCUT2D eigenvalue weighted by Gasteiger charge is -2.43. The van der Waals surface area contributed by atoms with Gasteiger partial charge in [-0.25, -0.2) is 0 Å². The highest BCUT2D eigenvalue weighted by molar-refractivity contribution is 6.00. The van der Waals surface area contributed by atoms with Crippen molar-refractivity contribution in [3.63, 3.8) is 0 Å². The van der Waals surface area contributed by atoms with E-state index in [1.165, 1.54) is 0 Å². The van der Waals surface area contributed by atoms with Crippen LogP contribution in [0.25, 0.3) is 0 Å². The van der Waals surface area contributed by atoms with Crippen LogP contribution in [0.5, 0.6) is 11.5 Å². The highest BCUT2D eigenvalue weighted by Crippen LogP contribution is 2.45. The Kier molecular flexibility index (Phi) is 5.74. The van der Waals surface area contributed by atoms with Gasteiger partial charge in [-0.2, -0.15) is 0 Å². The Hall–Kier alpha value is -3.28. The summed E-state index contributed by atoms with van der Waals surface area (Å²) in [7, 11) is 3.20. The molecule has 5 rings (SSSR count). The molecule has 0 heterocycles. The summed E-state index contributed by atoms with van der Waals surface area (Å²) in [6.45, 7) is 0. The maximum atomic E-state index is 13.2. The number of benzene rings is 2. The highest BCUT2D eigenvalue weighted by atomic mass is 16.5. The molecule has 2 amide bonds. The van der Waals surface area contributed by atoms with Gasteiger partial charge in [-0.3, -0.25) is 9.59 Å². The van der Waals surface area contributed by atoms with Crippen LogP contribution in [0.1, 0.15) is 12.8 Å². The topological polar surface area (TPSA) is 76.7 Å². The van der Waals surface area contributed by atoms with Crippen molar-refractivity contribution in [2.75, 3.05) is 24.9 Å². The van der Waals surface area contributed by atoms with Crippen molar-refractivity contribution in [3.05, 3.63) is 60.7 Å². The van der Waals surface area contributed by atoms with Gasteiger partial charge in [0, 0.05) is 11.4 Å². The number of fused-ring (bicyclic) bond motifs is 2. The van der Waals surface area contributed by atoms with Crippen LogP contribution < -0.4 is 20.1 Å². The van der Waals surface area contributed by atoms with Crippen LogP contribution in [0, 0.1) is 23.7 Å². The van der Waals surface area contributed by atoms with Crippen LogP contribution >= 0.6 is 0 Å². The summed E-state index contributed by atoms with van der Waals surface area (Å²) in [5.74, 6) is 0.569. The molecule has 0 radical (unpaired) electrons. The number of carbonyl (C=O) groups excluding carboxylic acids is 2. The quantitative estimate of drug-likeness (QED) is 0.708. The van der Waals surface area contributed by atoms with E-state index >= 15 is 0 Å². The Morgan fingerprint density at radius 3 is 1.37 bits per heavy atom.